The minimum absolute atomic E-state index is 0.305. The third-order valence-corrected chi connectivity index (χ3v) is 3.03. The fourth-order valence-corrected chi connectivity index (χ4v) is 2.20. The Balaban J connectivity index is 2.26. The molecule has 4 heteroatoms. The molecule has 0 unspecified atom stereocenters. The van der Waals surface area contributed by atoms with Crippen molar-refractivity contribution in [3.8, 4) is 5.69 Å². The number of hydrogen-bond acceptors (Lipinski definition) is 3. The summed E-state index contributed by atoms with van der Waals surface area (Å²) in [6.45, 7) is 2.12. The number of fused-ring (bicyclic) bond motifs is 1. The molecular weight excluding hydrogens is 252 g/mol. The number of carbonyl (C=O) groups excluding carboxylic acids is 1. The molecule has 0 spiro atoms. The highest BCUT2D eigenvalue weighted by molar-refractivity contribution is 5.92. The average molecular weight is 266 g/mol. The molecule has 0 saturated heterocycles. The minimum atomic E-state index is -0.410. The highest BCUT2D eigenvalue weighted by Crippen LogP contribution is 2.21. The molecule has 0 amide bonds. The van der Waals surface area contributed by atoms with Gasteiger partial charge in [-0.2, -0.15) is 0 Å². The van der Waals surface area contributed by atoms with Gasteiger partial charge in [0.05, 0.1) is 17.6 Å². The van der Waals surface area contributed by atoms with E-state index >= 15 is 0 Å². The van der Waals surface area contributed by atoms with Gasteiger partial charge in [-0.1, -0.05) is 30.3 Å². The topological polar surface area (TPSA) is 44.1 Å². The summed E-state index contributed by atoms with van der Waals surface area (Å²) >= 11 is 0. The van der Waals surface area contributed by atoms with E-state index in [4.69, 9.17) is 4.74 Å². The summed E-state index contributed by atoms with van der Waals surface area (Å²) in [4.78, 5) is 16.5. The Labute approximate surface area is 116 Å². The molecule has 2 aromatic carbocycles. The van der Waals surface area contributed by atoms with E-state index in [9.17, 15) is 4.79 Å². The molecule has 0 atom stereocenters. The van der Waals surface area contributed by atoms with Crippen LogP contribution in [0.2, 0.25) is 0 Å². The van der Waals surface area contributed by atoms with Crippen LogP contribution in [0.1, 0.15) is 17.5 Å². The van der Waals surface area contributed by atoms with Gasteiger partial charge >= 0.3 is 5.97 Å². The summed E-state index contributed by atoms with van der Waals surface area (Å²) in [5.74, 6) is -0.105. The number of para-hydroxylation sites is 3. The Bertz CT molecular complexity index is 748. The van der Waals surface area contributed by atoms with Crippen molar-refractivity contribution in [2.24, 2.45) is 0 Å². The van der Waals surface area contributed by atoms with Crippen LogP contribution in [0.3, 0.4) is 0 Å². The van der Waals surface area contributed by atoms with Gasteiger partial charge in [0.2, 0.25) is 5.82 Å². The van der Waals surface area contributed by atoms with Crippen LogP contribution in [0, 0.1) is 0 Å². The predicted octanol–water partition coefficient (Wildman–Crippen LogP) is 3.20. The van der Waals surface area contributed by atoms with Crippen LogP contribution < -0.4 is 0 Å². The summed E-state index contributed by atoms with van der Waals surface area (Å²) in [5, 5.41) is 0. The fraction of sp³-hybridized carbons (Fsp3) is 0.125. The molecule has 4 nitrogen and oxygen atoms in total. The Kier molecular flexibility index (Phi) is 3.21. The van der Waals surface area contributed by atoms with Crippen LogP contribution >= 0.6 is 0 Å². The first-order chi connectivity index (χ1) is 9.81. The SMILES string of the molecule is CCOC(=O)c1nc2ccccc2n1-c1ccccc1. The summed E-state index contributed by atoms with van der Waals surface area (Å²) in [7, 11) is 0. The monoisotopic (exact) mass is 266 g/mol. The zero-order valence-corrected chi connectivity index (χ0v) is 11.1. The van der Waals surface area contributed by atoms with Crippen LogP contribution in [0.15, 0.2) is 54.6 Å². The van der Waals surface area contributed by atoms with E-state index in [1.807, 2.05) is 59.2 Å². The Hall–Kier alpha value is -2.62. The van der Waals surface area contributed by atoms with Crippen molar-refractivity contribution in [1.82, 2.24) is 9.55 Å². The molecule has 100 valence electrons. The van der Waals surface area contributed by atoms with E-state index in [0.29, 0.717) is 12.4 Å². The normalized spacial score (nSPS) is 10.7. The van der Waals surface area contributed by atoms with Gasteiger partial charge in [-0.25, -0.2) is 9.78 Å². The zero-order chi connectivity index (χ0) is 13.9. The lowest BCUT2D eigenvalue weighted by Gasteiger charge is -2.08. The number of nitrogens with zero attached hydrogens (tertiary/aromatic N) is 2. The van der Waals surface area contributed by atoms with Crippen molar-refractivity contribution in [2.45, 2.75) is 6.92 Å². The molecule has 3 aromatic rings. The van der Waals surface area contributed by atoms with Gasteiger partial charge in [-0.3, -0.25) is 4.57 Å². The van der Waals surface area contributed by atoms with Crippen LogP contribution in [0.5, 0.6) is 0 Å². The lowest BCUT2D eigenvalue weighted by Crippen LogP contribution is -2.12. The molecule has 0 radical (unpaired) electrons. The lowest BCUT2D eigenvalue weighted by molar-refractivity contribution is 0.0510. The summed E-state index contributed by atoms with van der Waals surface area (Å²) in [5.41, 5.74) is 2.56. The van der Waals surface area contributed by atoms with Gasteiger partial charge in [-0.15, -0.1) is 0 Å². The molecular formula is C16H14N2O2. The van der Waals surface area contributed by atoms with Crippen molar-refractivity contribution < 1.29 is 9.53 Å². The lowest BCUT2D eigenvalue weighted by atomic mass is 10.3. The van der Waals surface area contributed by atoms with Crippen molar-refractivity contribution >= 4 is 17.0 Å². The van der Waals surface area contributed by atoms with E-state index in [1.165, 1.54) is 0 Å². The van der Waals surface area contributed by atoms with Gasteiger partial charge in [0, 0.05) is 5.69 Å². The Morgan fingerprint density at radius 3 is 2.55 bits per heavy atom. The van der Waals surface area contributed by atoms with E-state index in [-0.39, 0.29) is 0 Å². The number of carbonyl (C=O) groups is 1. The van der Waals surface area contributed by atoms with Crippen LogP contribution in [-0.2, 0) is 4.74 Å². The number of ether oxygens (including phenoxy) is 1. The zero-order valence-electron chi connectivity index (χ0n) is 11.1. The maximum Gasteiger partial charge on any atom is 0.374 e. The standard InChI is InChI=1S/C16H14N2O2/c1-2-20-16(19)15-17-13-10-6-7-11-14(13)18(15)12-8-4-3-5-9-12/h3-11H,2H2,1H3. The molecule has 0 fully saturated rings. The number of aromatic nitrogens is 2. The molecule has 0 aliphatic heterocycles. The highest BCUT2D eigenvalue weighted by atomic mass is 16.5. The van der Waals surface area contributed by atoms with Crippen molar-refractivity contribution in [3.05, 3.63) is 60.4 Å². The van der Waals surface area contributed by atoms with Gasteiger partial charge in [0.1, 0.15) is 0 Å². The second-order valence-electron chi connectivity index (χ2n) is 4.32. The van der Waals surface area contributed by atoms with E-state index in [0.717, 1.165) is 16.7 Å². The molecule has 1 aromatic heterocycles. The highest BCUT2D eigenvalue weighted by Gasteiger charge is 2.19. The molecule has 20 heavy (non-hydrogen) atoms. The smallest absolute Gasteiger partial charge is 0.374 e. The quantitative estimate of drug-likeness (QED) is 0.684. The molecule has 0 bridgehead atoms. The third kappa shape index (κ3) is 2.05. The molecule has 0 N–H and O–H groups in total. The van der Waals surface area contributed by atoms with Gasteiger partial charge in [-0.05, 0) is 31.2 Å². The Morgan fingerprint density at radius 1 is 1.10 bits per heavy atom. The van der Waals surface area contributed by atoms with Crippen molar-refractivity contribution in [1.29, 1.82) is 0 Å². The van der Waals surface area contributed by atoms with E-state index in [2.05, 4.69) is 4.98 Å². The summed E-state index contributed by atoms with van der Waals surface area (Å²) < 4.78 is 6.92. The van der Waals surface area contributed by atoms with Crippen molar-refractivity contribution in [2.75, 3.05) is 6.61 Å². The van der Waals surface area contributed by atoms with Crippen LogP contribution in [0.25, 0.3) is 16.7 Å². The average Bonchev–Trinajstić information content (AvgIpc) is 2.88. The number of esters is 1. The Morgan fingerprint density at radius 2 is 1.80 bits per heavy atom. The number of benzene rings is 2. The fourth-order valence-electron chi connectivity index (χ4n) is 2.20. The summed E-state index contributed by atoms with van der Waals surface area (Å²) in [6, 6.07) is 17.3. The van der Waals surface area contributed by atoms with Crippen LogP contribution in [-0.4, -0.2) is 22.1 Å². The first-order valence-corrected chi connectivity index (χ1v) is 6.51. The third-order valence-electron chi connectivity index (χ3n) is 3.03. The van der Waals surface area contributed by atoms with Gasteiger partial charge in [0.25, 0.3) is 0 Å². The number of hydrogen-bond donors (Lipinski definition) is 0. The van der Waals surface area contributed by atoms with Crippen LogP contribution in [0.4, 0.5) is 0 Å². The van der Waals surface area contributed by atoms with Gasteiger partial charge in [0.15, 0.2) is 0 Å². The number of imidazole rings is 1. The molecule has 0 aliphatic rings. The van der Waals surface area contributed by atoms with E-state index in [1.54, 1.807) is 6.92 Å². The first kappa shape index (κ1) is 12.4. The van der Waals surface area contributed by atoms with E-state index < -0.39 is 5.97 Å². The second kappa shape index (κ2) is 5.17. The maximum atomic E-state index is 12.1. The second-order valence-corrected chi connectivity index (χ2v) is 4.32. The van der Waals surface area contributed by atoms with Gasteiger partial charge < -0.3 is 4.74 Å². The minimum Gasteiger partial charge on any atom is -0.460 e. The number of rotatable bonds is 3. The first-order valence-electron chi connectivity index (χ1n) is 6.51. The van der Waals surface area contributed by atoms with Crippen molar-refractivity contribution in [3.63, 3.8) is 0 Å². The molecule has 3 rings (SSSR count). The molecule has 1 heterocycles. The largest absolute Gasteiger partial charge is 0.460 e. The molecule has 0 aliphatic carbocycles. The predicted molar refractivity (Wildman–Crippen MR) is 77.0 cm³/mol. The maximum absolute atomic E-state index is 12.1. The molecule has 0 saturated carbocycles. The summed E-state index contributed by atoms with van der Waals surface area (Å²) in [6.07, 6.45) is 0.